The summed E-state index contributed by atoms with van der Waals surface area (Å²) >= 11 is 0. The number of carbonyl (C=O) groups excluding carboxylic acids is 1. The van der Waals surface area contributed by atoms with Gasteiger partial charge in [0, 0.05) is 0 Å². The summed E-state index contributed by atoms with van der Waals surface area (Å²) in [5, 5.41) is 7.47. The van der Waals surface area contributed by atoms with Crippen LogP contribution in [0.25, 0.3) is 0 Å². The highest BCUT2D eigenvalue weighted by molar-refractivity contribution is 7.85. The molecule has 0 aliphatic rings. The molecule has 2 rings (SSSR count). The molecule has 1 heterocycles. The molecule has 0 amide bonds. The Kier molecular flexibility index (Phi) is 5.83. The summed E-state index contributed by atoms with van der Waals surface area (Å²) in [6, 6.07) is 8.73. The Morgan fingerprint density at radius 3 is 2.70 bits per heavy atom. The maximum absolute atomic E-state index is 11.9. The van der Waals surface area contributed by atoms with Crippen LogP contribution in [0.5, 0.6) is 0 Å². The maximum atomic E-state index is 11.9. The molecule has 0 saturated carbocycles. The third-order valence-electron chi connectivity index (χ3n) is 2.76. The van der Waals surface area contributed by atoms with Gasteiger partial charge in [-0.05, 0) is 12.5 Å². The minimum Gasteiger partial charge on any atom is -0.465 e. The second-order valence-electron chi connectivity index (χ2n) is 4.66. The number of ether oxygens (including phenoxy) is 1. The number of rotatable bonds is 8. The molecule has 9 heteroatoms. The first-order valence-electron chi connectivity index (χ1n) is 6.94. The van der Waals surface area contributed by atoms with E-state index in [4.69, 9.17) is 8.92 Å². The van der Waals surface area contributed by atoms with Gasteiger partial charge in [0.15, 0.2) is 0 Å². The second kappa shape index (κ2) is 7.84. The Hall–Kier alpha value is -2.26. The van der Waals surface area contributed by atoms with Crippen LogP contribution in [0.1, 0.15) is 18.2 Å². The number of carbonyl (C=O) groups is 1. The Morgan fingerprint density at radius 2 is 2.00 bits per heavy atom. The molecule has 1 aromatic heterocycles. The van der Waals surface area contributed by atoms with Gasteiger partial charge < -0.3 is 4.74 Å². The lowest BCUT2D eigenvalue weighted by Crippen LogP contribution is -2.13. The number of aromatic nitrogens is 3. The molecular formula is C14H17N3O5S. The molecule has 0 unspecified atom stereocenters. The van der Waals surface area contributed by atoms with Crippen molar-refractivity contribution >= 4 is 16.1 Å². The summed E-state index contributed by atoms with van der Waals surface area (Å²) in [5.74, 6) is -0.660. The van der Waals surface area contributed by atoms with Crippen LogP contribution in [0.3, 0.4) is 0 Å². The SMILES string of the molecule is CCOC(=O)Cn1cc(COS(=O)(=O)Cc2ccccc2)nn1. The van der Waals surface area contributed by atoms with Crippen molar-refractivity contribution in [3.05, 3.63) is 47.8 Å². The fraction of sp³-hybridized carbons (Fsp3) is 0.357. The predicted molar refractivity (Wildman–Crippen MR) is 80.5 cm³/mol. The number of hydrogen-bond acceptors (Lipinski definition) is 7. The molecule has 0 aliphatic carbocycles. The second-order valence-corrected chi connectivity index (χ2v) is 6.30. The number of benzene rings is 1. The first kappa shape index (κ1) is 17.1. The maximum Gasteiger partial charge on any atom is 0.327 e. The highest BCUT2D eigenvalue weighted by atomic mass is 32.2. The van der Waals surface area contributed by atoms with Crippen molar-refractivity contribution in [1.29, 1.82) is 0 Å². The quantitative estimate of drug-likeness (QED) is 0.520. The summed E-state index contributed by atoms with van der Waals surface area (Å²) in [6.45, 7) is 1.66. The van der Waals surface area contributed by atoms with Crippen LogP contribution in [0, 0.1) is 0 Å². The monoisotopic (exact) mass is 339 g/mol. The van der Waals surface area contributed by atoms with E-state index in [0.717, 1.165) is 0 Å². The highest BCUT2D eigenvalue weighted by Gasteiger charge is 2.14. The zero-order chi connectivity index (χ0) is 16.7. The molecule has 0 fully saturated rings. The van der Waals surface area contributed by atoms with Gasteiger partial charge in [-0.25, -0.2) is 4.68 Å². The zero-order valence-corrected chi connectivity index (χ0v) is 13.4. The van der Waals surface area contributed by atoms with E-state index in [-0.39, 0.29) is 25.5 Å². The van der Waals surface area contributed by atoms with Crippen molar-refractivity contribution in [1.82, 2.24) is 15.0 Å². The average Bonchev–Trinajstić information content (AvgIpc) is 2.94. The van der Waals surface area contributed by atoms with E-state index in [1.165, 1.54) is 10.9 Å². The molecule has 0 saturated heterocycles. The largest absolute Gasteiger partial charge is 0.465 e. The number of esters is 1. The van der Waals surface area contributed by atoms with Gasteiger partial charge in [0.2, 0.25) is 0 Å². The van der Waals surface area contributed by atoms with Crippen LogP contribution in [0.15, 0.2) is 36.5 Å². The van der Waals surface area contributed by atoms with Gasteiger partial charge in [-0.1, -0.05) is 35.5 Å². The van der Waals surface area contributed by atoms with E-state index in [1.807, 2.05) is 0 Å². The number of hydrogen-bond donors (Lipinski definition) is 0. The van der Waals surface area contributed by atoms with Crippen LogP contribution < -0.4 is 0 Å². The van der Waals surface area contributed by atoms with E-state index in [2.05, 4.69) is 10.3 Å². The van der Waals surface area contributed by atoms with E-state index >= 15 is 0 Å². The van der Waals surface area contributed by atoms with Gasteiger partial charge in [0.25, 0.3) is 10.1 Å². The fourth-order valence-corrected chi connectivity index (χ4v) is 2.78. The Morgan fingerprint density at radius 1 is 1.26 bits per heavy atom. The average molecular weight is 339 g/mol. The summed E-state index contributed by atoms with van der Waals surface area (Å²) in [6.07, 6.45) is 1.44. The molecule has 0 aliphatic heterocycles. The molecule has 0 atom stereocenters. The van der Waals surface area contributed by atoms with Crippen molar-refractivity contribution in [2.24, 2.45) is 0 Å². The molecule has 8 nitrogen and oxygen atoms in total. The fourth-order valence-electron chi connectivity index (χ4n) is 1.79. The molecule has 2 aromatic rings. The predicted octanol–water partition coefficient (Wildman–Crippen LogP) is 0.888. The summed E-state index contributed by atoms with van der Waals surface area (Å²) in [5.41, 5.74) is 0.949. The topological polar surface area (TPSA) is 100 Å². The first-order chi connectivity index (χ1) is 11.0. The van der Waals surface area contributed by atoms with E-state index in [0.29, 0.717) is 11.3 Å². The van der Waals surface area contributed by atoms with Gasteiger partial charge in [-0.2, -0.15) is 8.42 Å². The molecule has 1 aromatic carbocycles. The number of nitrogens with zero attached hydrogens (tertiary/aromatic N) is 3. The Labute approximate surface area is 134 Å². The highest BCUT2D eigenvalue weighted by Crippen LogP contribution is 2.09. The third-order valence-corrected chi connectivity index (χ3v) is 3.92. The van der Waals surface area contributed by atoms with Crippen LogP contribution in [0.2, 0.25) is 0 Å². The minimum absolute atomic E-state index is 0.0857. The summed E-state index contributed by atoms with van der Waals surface area (Å²) in [7, 11) is -3.72. The lowest BCUT2D eigenvalue weighted by atomic mass is 10.2. The van der Waals surface area contributed by atoms with E-state index in [1.54, 1.807) is 37.3 Å². The van der Waals surface area contributed by atoms with Gasteiger partial charge in [0.1, 0.15) is 24.6 Å². The van der Waals surface area contributed by atoms with Crippen molar-refractivity contribution in [2.45, 2.75) is 25.8 Å². The van der Waals surface area contributed by atoms with Gasteiger partial charge in [0.05, 0.1) is 12.8 Å². The van der Waals surface area contributed by atoms with Crippen LogP contribution in [-0.2, 0) is 42.7 Å². The normalized spacial score (nSPS) is 11.3. The van der Waals surface area contributed by atoms with Gasteiger partial charge in [-0.15, -0.1) is 5.10 Å². The molecule has 0 N–H and O–H groups in total. The lowest BCUT2D eigenvalue weighted by Gasteiger charge is -2.04. The molecule has 0 radical (unpaired) electrons. The standard InChI is InChI=1S/C14H17N3O5S/c1-2-21-14(18)9-17-8-13(15-16-17)10-22-23(19,20)11-12-6-4-3-5-7-12/h3-8H,2,9-11H2,1H3. The molecular weight excluding hydrogens is 322 g/mol. The molecule has 124 valence electrons. The molecule has 0 bridgehead atoms. The van der Waals surface area contributed by atoms with E-state index < -0.39 is 16.1 Å². The Balaban J connectivity index is 1.88. The zero-order valence-electron chi connectivity index (χ0n) is 12.6. The van der Waals surface area contributed by atoms with Crippen molar-refractivity contribution in [3.8, 4) is 0 Å². The first-order valence-corrected chi connectivity index (χ1v) is 8.52. The van der Waals surface area contributed by atoms with Crippen molar-refractivity contribution in [2.75, 3.05) is 6.61 Å². The van der Waals surface area contributed by atoms with Crippen molar-refractivity contribution < 1.29 is 22.1 Å². The van der Waals surface area contributed by atoms with Crippen molar-refractivity contribution in [3.63, 3.8) is 0 Å². The van der Waals surface area contributed by atoms with Gasteiger partial charge in [-0.3, -0.25) is 8.98 Å². The van der Waals surface area contributed by atoms with Crippen LogP contribution >= 0.6 is 0 Å². The molecule has 23 heavy (non-hydrogen) atoms. The van der Waals surface area contributed by atoms with Gasteiger partial charge >= 0.3 is 5.97 Å². The Bertz CT molecular complexity index is 743. The summed E-state index contributed by atoms with van der Waals surface area (Å²) in [4.78, 5) is 11.3. The minimum atomic E-state index is -3.72. The van der Waals surface area contributed by atoms with Crippen LogP contribution in [-0.4, -0.2) is 36.0 Å². The summed E-state index contributed by atoms with van der Waals surface area (Å²) < 4.78 is 34.8. The van der Waals surface area contributed by atoms with Crippen LogP contribution in [0.4, 0.5) is 0 Å². The van der Waals surface area contributed by atoms with E-state index in [9.17, 15) is 13.2 Å². The smallest absolute Gasteiger partial charge is 0.327 e. The third kappa shape index (κ3) is 5.80. The lowest BCUT2D eigenvalue weighted by molar-refractivity contribution is -0.144. The molecule has 0 spiro atoms.